The van der Waals surface area contributed by atoms with Gasteiger partial charge in [0.2, 0.25) is 5.95 Å². The Kier molecular flexibility index (Phi) is 4.57. The standard InChI is InChI=1S/C25H27FN4O2/c1-15-19-8-7-18-21(17-5-3-4-6-20(17)26)28-24(30-9-11-31-12-10-30)29-23(18)25(19,2)13-16-14-27-32-22(15)16/h3-6,14-15,19H,7-13H2,1-2H3/t15-,19-,25-/m1/s1. The SMILES string of the molecule is C[C@H]1c2oncc2C[C@@]2(C)c3nc(N4CCOCC4)nc(-c4ccccc4F)c3CC[C@H]12. The molecule has 1 aromatic carbocycles. The van der Waals surface area contributed by atoms with Crippen molar-refractivity contribution in [2.24, 2.45) is 5.92 Å². The summed E-state index contributed by atoms with van der Waals surface area (Å²) < 4.78 is 26.1. The zero-order chi connectivity index (χ0) is 21.9. The highest BCUT2D eigenvalue weighted by molar-refractivity contribution is 5.68. The maximum absolute atomic E-state index is 15.0. The monoisotopic (exact) mass is 434 g/mol. The number of aromatic nitrogens is 3. The molecule has 3 aliphatic rings. The van der Waals surface area contributed by atoms with E-state index in [1.54, 1.807) is 6.07 Å². The van der Waals surface area contributed by atoms with Crippen LogP contribution in [-0.4, -0.2) is 41.4 Å². The van der Waals surface area contributed by atoms with Crippen LogP contribution < -0.4 is 4.90 Å². The van der Waals surface area contributed by atoms with Crippen LogP contribution in [0, 0.1) is 11.7 Å². The quantitative estimate of drug-likeness (QED) is 0.600. The minimum Gasteiger partial charge on any atom is -0.378 e. The van der Waals surface area contributed by atoms with Gasteiger partial charge in [0.1, 0.15) is 11.6 Å². The summed E-state index contributed by atoms with van der Waals surface area (Å²) in [7, 11) is 0. The molecule has 0 amide bonds. The Bertz CT molecular complexity index is 1170. The van der Waals surface area contributed by atoms with Crippen LogP contribution in [0.5, 0.6) is 0 Å². The van der Waals surface area contributed by atoms with Crippen LogP contribution in [0.3, 0.4) is 0 Å². The number of halogens is 1. The highest BCUT2D eigenvalue weighted by Gasteiger charge is 2.50. The Morgan fingerprint density at radius 1 is 1.16 bits per heavy atom. The molecule has 2 aromatic heterocycles. The molecule has 0 N–H and O–H groups in total. The fourth-order valence-electron chi connectivity index (χ4n) is 6.13. The molecule has 3 aromatic rings. The number of hydrogen-bond acceptors (Lipinski definition) is 6. The Hall–Kier alpha value is -2.80. The van der Waals surface area contributed by atoms with Crippen LogP contribution in [-0.2, 0) is 23.0 Å². The number of morpholine rings is 1. The van der Waals surface area contributed by atoms with E-state index in [0.717, 1.165) is 60.6 Å². The van der Waals surface area contributed by atoms with Gasteiger partial charge in [0.05, 0.1) is 30.8 Å². The van der Waals surface area contributed by atoms with Crippen LogP contribution in [0.25, 0.3) is 11.3 Å². The summed E-state index contributed by atoms with van der Waals surface area (Å²) in [6, 6.07) is 6.94. The molecule has 1 aliphatic heterocycles. The first-order chi connectivity index (χ1) is 15.6. The topological polar surface area (TPSA) is 64.3 Å². The van der Waals surface area contributed by atoms with E-state index in [1.807, 2.05) is 18.3 Å². The molecule has 0 bridgehead atoms. The Morgan fingerprint density at radius 3 is 2.78 bits per heavy atom. The molecule has 1 fully saturated rings. The molecule has 6 rings (SSSR count). The molecule has 6 nitrogen and oxygen atoms in total. The highest BCUT2D eigenvalue weighted by Crippen LogP contribution is 2.54. The third kappa shape index (κ3) is 2.90. The van der Waals surface area contributed by atoms with E-state index in [-0.39, 0.29) is 17.2 Å². The van der Waals surface area contributed by atoms with Crippen molar-refractivity contribution in [2.45, 2.75) is 44.4 Å². The lowest BCUT2D eigenvalue weighted by atomic mass is 9.56. The first-order valence-electron chi connectivity index (χ1n) is 11.5. The normalized spacial score (nSPS) is 26.9. The smallest absolute Gasteiger partial charge is 0.226 e. The zero-order valence-electron chi connectivity index (χ0n) is 18.5. The van der Waals surface area contributed by atoms with Crippen LogP contribution in [0.15, 0.2) is 35.0 Å². The van der Waals surface area contributed by atoms with E-state index >= 15 is 0 Å². The van der Waals surface area contributed by atoms with Gasteiger partial charge in [0.25, 0.3) is 0 Å². The number of ether oxygens (including phenoxy) is 1. The van der Waals surface area contributed by atoms with E-state index < -0.39 is 0 Å². The summed E-state index contributed by atoms with van der Waals surface area (Å²) in [5.41, 5.74) is 4.40. The highest BCUT2D eigenvalue weighted by atomic mass is 19.1. The maximum Gasteiger partial charge on any atom is 0.226 e. The van der Waals surface area contributed by atoms with Gasteiger partial charge in [-0.2, -0.15) is 0 Å². The lowest BCUT2D eigenvalue weighted by Crippen LogP contribution is -2.46. The van der Waals surface area contributed by atoms with Crippen LogP contribution in [0.2, 0.25) is 0 Å². The van der Waals surface area contributed by atoms with E-state index in [1.165, 1.54) is 6.07 Å². The molecule has 1 saturated heterocycles. The minimum atomic E-state index is -0.244. The van der Waals surface area contributed by atoms with Gasteiger partial charge in [0, 0.05) is 41.1 Å². The molecule has 166 valence electrons. The predicted molar refractivity (Wildman–Crippen MR) is 118 cm³/mol. The van der Waals surface area contributed by atoms with Gasteiger partial charge in [-0.25, -0.2) is 14.4 Å². The lowest BCUT2D eigenvalue weighted by molar-refractivity contribution is 0.121. The number of anilines is 1. The molecule has 32 heavy (non-hydrogen) atoms. The van der Waals surface area contributed by atoms with Crippen molar-refractivity contribution in [1.29, 1.82) is 0 Å². The molecule has 2 aliphatic carbocycles. The first kappa shape index (κ1) is 19.9. The lowest BCUT2D eigenvalue weighted by Gasteiger charge is -2.48. The predicted octanol–water partition coefficient (Wildman–Crippen LogP) is 4.29. The number of benzene rings is 1. The van der Waals surface area contributed by atoms with Crippen molar-refractivity contribution in [3.05, 3.63) is 58.9 Å². The summed E-state index contributed by atoms with van der Waals surface area (Å²) in [6.07, 6.45) is 4.50. The molecule has 0 spiro atoms. The average Bonchev–Trinajstić information content (AvgIpc) is 3.28. The molecule has 0 saturated carbocycles. The molecular formula is C25H27FN4O2. The largest absolute Gasteiger partial charge is 0.378 e. The first-order valence-corrected chi connectivity index (χ1v) is 11.5. The van der Waals surface area contributed by atoms with Gasteiger partial charge in [-0.3, -0.25) is 0 Å². The van der Waals surface area contributed by atoms with E-state index in [4.69, 9.17) is 19.2 Å². The third-order valence-corrected chi connectivity index (χ3v) is 7.73. The minimum absolute atomic E-state index is 0.185. The molecule has 7 heteroatoms. The van der Waals surface area contributed by atoms with E-state index in [0.29, 0.717) is 30.6 Å². The molecule has 0 radical (unpaired) electrons. The third-order valence-electron chi connectivity index (χ3n) is 7.73. The maximum atomic E-state index is 15.0. The molecule has 3 heterocycles. The van der Waals surface area contributed by atoms with Crippen molar-refractivity contribution in [2.75, 3.05) is 31.2 Å². The molecule has 3 atom stereocenters. The van der Waals surface area contributed by atoms with Crippen LogP contribution in [0.4, 0.5) is 10.3 Å². The van der Waals surface area contributed by atoms with Crippen molar-refractivity contribution in [3.63, 3.8) is 0 Å². The number of hydrogen-bond donors (Lipinski definition) is 0. The Morgan fingerprint density at radius 2 is 1.97 bits per heavy atom. The van der Waals surface area contributed by atoms with Gasteiger partial charge < -0.3 is 14.2 Å². The summed E-state index contributed by atoms with van der Waals surface area (Å²) in [5, 5.41) is 4.09. The number of fused-ring (bicyclic) bond motifs is 4. The van der Waals surface area contributed by atoms with Gasteiger partial charge in [0.15, 0.2) is 0 Å². The van der Waals surface area contributed by atoms with Crippen molar-refractivity contribution in [3.8, 4) is 11.3 Å². The molecular weight excluding hydrogens is 407 g/mol. The fraction of sp³-hybridized carbons (Fsp3) is 0.480. The van der Waals surface area contributed by atoms with Gasteiger partial charge in [-0.1, -0.05) is 31.1 Å². The number of nitrogens with zero attached hydrogens (tertiary/aromatic N) is 4. The zero-order valence-corrected chi connectivity index (χ0v) is 18.5. The van der Waals surface area contributed by atoms with E-state index in [9.17, 15) is 4.39 Å². The summed E-state index contributed by atoms with van der Waals surface area (Å²) in [5.74, 6) is 2.09. The van der Waals surface area contributed by atoms with Crippen molar-refractivity contribution < 1.29 is 13.7 Å². The van der Waals surface area contributed by atoms with E-state index in [2.05, 4.69) is 23.9 Å². The number of rotatable bonds is 2. The van der Waals surface area contributed by atoms with Crippen molar-refractivity contribution >= 4 is 5.95 Å². The van der Waals surface area contributed by atoms with Gasteiger partial charge in [-0.15, -0.1) is 0 Å². The summed E-state index contributed by atoms with van der Waals surface area (Å²) in [4.78, 5) is 12.3. The summed E-state index contributed by atoms with van der Waals surface area (Å²) >= 11 is 0. The second kappa shape index (κ2) is 7.37. The van der Waals surface area contributed by atoms with Crippen LogP contribution in [0.1, 0.15) is 48.8 Å². The second-order valence-corrected chi connectivity index (χ2v) is 9.52. The summed E-state index contributed by atoms with van der Waals surface area (Å²) in [6.45, 7) is 7.32. The Balaban J connectivity index is 1.57. The Labute approximate surface area is 186 Å². The van der Waals surface area contributed by atoms with Gasteiger partial charge in [-0.05, 0) is 37.3 Å². The fourth-order valence-corrected chi connectivity index (χ4v) is 6.13. The molecule has 0 unspecified atom stereocenters. The second-order valence-electron chi connectivity index (χ2n) is 9.52. The van der Waals surface area contributed by atoms with Gasteiger partial charge >= 0.3 is 0 Å². The van der Waals surface area contributed by atoms with Crippen LogP contribution >= 0.6 is 0 Å². The van der Waals surface area contributed by atoms with Crippen molar-refractivity contribution in [1.82, 2.24) is 15.1 Å². The average molecular weight is 435 g/mol.